The van der Waals surface area contributed by atoms with Crippen molar-refractivity contribution in [2.75, 3.05) is 0 Å². The molecule has 0 saturated carbocycles. The number of hydrazine groups is 1. The summed E-state index contributed by atoms with van der Waals surface area (Å²) in [5, 5.41) is 2.53. The zero-order chi connectivity index (χ0) is 13.8. The molecule has 0 aliphatic carbocycles. The first-order valence-electron chi connectivity index (χ1n) is 6.71. The zero-order valence-electron chi connectivity index (χ0n) is 11.2. The van der Waals surface area contributed by atoms with E-state index < -0.39 is 0 Å². The van der Waals surface area contributed by atoms with Gasteiger partial charge >= 0.3 is 0 Å². The molecule has 3 aromatic rings. The molecule has 1 heterocycles. The Morgan fingerprint density at radius 3 is 2.65 bits per heavy atom. The topological polar surface area (TPSA) is 50.9 Å². The summed E-state index contributed by atoms with van der Waals surface area (Å²) in [5.74, 6) is 5.72. The Balaban J connectivity index is 1.96. The van der Waals surface area contributed by atoms with Gasteiger partial charge in [-0.2, -0.15) is 0 Å². The minimum absolute atomic E-state index is 0.0644. The Hall–Kier alpha value is -2.23. The van der Waals surface area contributed by atoms with Crippen molar-refractivity contribution in [2.24, 2.45) is 5.84 Å². The third-order valence-electron chi connectivity index (χ3n) is 3.59. The Kier molecular flexibility index (Phi) is 3.72. The maximum absolute atomic E-state index is 5.72. The van der Waals surface area contributed by atoms with E-state index >= 15 is 0 Å². The number of pyridine rings is 1. The van der Waals surface area contributed by atoms with Crippen LogP contribution in [0.3, 0.4) is 0 Å². The molecule has 0 spiro atoms. The number of nitrogens with two attached hydrogens (primary N) is 1. The SMILES string of the molecule is NNC(Cc1cccc2ccccc12)c1cccnc1. The smallest absolute Gasteiger partial charge is 0.0515 e. The number of nitrogens with one attached hydrogen (secondary N) is 1. The zero-order valence-corrected chi connectivity index (χ0v) is 11.2. The molecule has 3 nitrogen and oxygen atoms in total. The van der Waals surface area contributed by atoms with Crippen LogP contribution in [0, 0.1) is 0 Å². The molecule has 0 aliphatic heterocycles. The van der Waals surface area contributed by atoms with Crippen LogP contribution < -0.4 is 11.3 Å². The lowest BCUT2D eigenvalue weighted by Gasteiger charge is -2.17. The van der Waals surface area contributed by atoms with Gasteiger partial charge in [-0.15, -0.1) is 0 Å². The summed E-state index contributed by atoms with van der Waals surface area (Å²) < 4.78 is 0. The van der Waals surface area contributed by atoms with E-state index in [0.29, 0.717) is 0 Å². The van der Waals surface area contributed by atoms with Gasteiger partial charge in [-0.05, 0) is 34.4 Å². The molecule has 1 aromatic heterocycles. The largest absolute Gasteiger partial charge is 0.271 e. The van der Waals surface area contributed by atoms with Crippen LogP contribution in [-0.2, 0) is 6.42 Å². The number of benzene rings is 2. The highest BCUT2D eigenvalue weighted by Gasteiger charge is 2.12. The van der Waals surface area contributed by atoms with Crippen LogP contribution in [0.5, 0.6) is 0 Å². The molecule has 20 heavy (non-hydrogen) atoms. The maximum atomic E-state index is 5.72. The molecule has 1 atom stereocenters. The fourth-order valence-electron chi connectivity index (χ4n) is 2.55. The second kappa shape index (κ2) is 5.82. The van der Waals surface area contributed by atoms with Crippen LogP contribution in [0.2, 0.25) is 0 Å². The highest BCUT2D eigenvalue weighted by atomic mass is 15.2. The van der Waals surface area contributed by atoms with Crippen molar-refractivity contribution >= 4 is 10.8 Å². The van der Waals surface area contributed by atoms with Crippen LogP contribution in [0.1, 0.15) is 17.2 Å². The quantitative estimate of drug-likeness (QED) is 0.562. The summed E-state index contributed by atoms with van der Waals surface area (Å²) >= 11 is 0. The molecule has 0 saturated heterocycles. The Morgan fingerprint density at radius 1 is 1.00 bits per heavy atom. The van der Waals surface area contributed by atoms with Crippen LogP contribution in [-0.4, -0.2) is 4.98 Å². The molecule has 3 heteroatoms. The predicted molar refractivity (Wildman–Crippen MR) is 82.0 cm³/mol. The minimum Gasteiger partial charge on any atom is -0.271 e. The molecule has 3 rings (SSSR count). The van der Waals surface area contributed by atoms with Gasteiger partial charge in [0.2, 0.25) is 0 Å². The van der Waals surface area contributed by atoms with Crippen molar-refractivity contribution < 1.29 is 0 Å². The number of nitrogens with zero attached hydrogens (tertiary/aromatic N) is 1. The average molecular weight is 263 g/mol. The summed E-state index contributed by atoms with van der Waals surface area (Å²) in [6.07, 6.45) is 4.47. The van der Waals surface area contributed by atoms with Gasteiger partial charge in [0.15, 0.2) is 0 Å². The molecule has 0 bridgehead atoms. The molecule has 3 N–H and O–H groups in total. The third-order valence-corrected chi connectivity index (χ3v) is 3.59. The predicted octanol–water partition coefficient (Wildman–Crippen LogP) is 2.98. The lowest BCUT2D eigenvalue weighted by atomic mass is 9.96. The van der Waals surface area contributed by atoms with Crippen LogP contribution in [0.15, 0.2) is 67.0 Å². The lowest BCUT2D eigenvalue weighted by molar-refractivity contribution is 0.552. The van der Waals surface area contributed by atoms with E-state index in [-0.39, 0.29) is 6.04 Å². The van der Waals surface area contributed by atoms with Gasteiger partial charge in [-0.3, -0.25) is 16.3 Å². The van der Waals surface area contributed by atoms with Crippen molar-refractivity contribution in [1.29, 1.82) is 0 Å². The second-order valence-electron chi connectivity index (χ2n) is 4.85. The standard InChI is InChI=1S/C17H17N3/c18-20-17(15-8-4-10-19-12-15)11-14-7-3-6-13-5-1-2-9-16(13)14/h1-10,12,17,20H,11,18H2. The maximum Gasteiger partial charge on any atom is 0.0515 e. The van der Waals surface area contributed by atoms with Crippen molar-refractivity contribution in [3.63, 3.8) is 0 Å². The van der Waals surface area contributed by atoms with E-state index in [2.05, 4.69) is 52.9 Å². The number of hydrogen-bond donors (Lipinski definition) is 2. The fourth-order valence-corrected chi connectivity index (χ4v) is 2.55. The van der Waals surface area contributed by atoms with E-state index in [1.165, 1.54) is 16.3 Å². The first-order valence-corrected chi connectivity index (χ1v) is 6.71. The highest BCUT2D eigenvalue weighted by molar-refractivity contribution is 5.85. The summed E-state index contributed by atoms with van der Waals surface area (Å²) in [5.41, 5.74) is 5.28. The van der Waals surface area contributed by atoms with Crippen molar-refractivity contribution in [3.8, 4) is 0 Å². The summed E-state index contributed by atoms with van der Waals surface area (Å²) in [6, 6.07) is 18.8. The first kappa shape index (κ1) is 12.8. The van der Waals surface area contributed by atoms with Crippen LogP contribution in [0.4, 0.5) is 0 Å². The molecule has 0 aliphatic rings. The van der Waals surface area contributed by atoms with Gasteiger partial charge in [-0.1, -0.05) is 48.5 Å². The number of aromatic nitrogens is 1. The summed E-state index contributed by atoms with van der Waals surface area (Å²) in [7, 11) is 0. The van der Waals surface area contributed by atoms with Gasteiger partial charge in [0.05, 0.1) is 6.04 Å². The van der Waals surface area contributed by atoms with Crippen LogP contribution >= 0.6 is 0 Å². The van der Waals surface area contributed by atoms with E-state index in [9.17, 15) is 0 Å². The number of hydrogen-bond acceptors (Lipinski definition) is 3. The normalized spacial score (nSPS) is 12.4. The van der Waals surface area contributed by atoms with Crippen LogP contribution in [0.25, 0.3) is 10.8 Å². The Morgan fingerprint density at radius 2 is 1.85 bits per heavy atom. The molecule has 1 unspecified atom stereocenters. The lowest BCUT2D eigenvalue weighted by Crippen LogP contribution is -2.29. The molecule has 2 aromatic carbocycles. The molecular weight excluding hydrogens is 246 g/mol. The van der Waals surface area contributed by atoms with Gasteiger partial charge in [-0.25, -0.2) is 0 Å². The fraction of sp³-hybridized carbons (Fsp3) is 0.118. The third kappa shape index (κ3) is 2.54. The van der Waals surface area contributed by atoms with E-state index in [0.717, 1.165) is 12.0 Å². The van der Waals surface area contributed by atoms with E-state index in [4.69, 9.17) is 5.84 Å². The Labute approximate surface area is 118 Å². The molecular formula is C17H17N3. The van der Waals surface area contributed by atoms with Crippen molar-refractivity contribution in [3.05, 3.63) is 78.1 Å². The Bertz CT molecular complexity index is 689. The highest BCUT2D eigenvalue weighted by Crippen LogP contribution is 2.23. The van der Waals surface area contributed by atoms with Crippen molar-refractivity contribution in [2.45, 2.75) is 12.5 Å². The first-order chi connectivity index (χ1) is 9.88. The summed E-state index contributed by atoms with van der Waals surface area (Å²) in [4.78, 5) is 4.16. The van der Waals surface area contributed by atoms with E-state index in [1.807, 2.05) is 18.3 Å². The summed E-state index contributed by atoms with van der Waals surface area (Å²) in [6.45, 7) is 0. The number of fused-ring (bicyclic) bond motifs is 1. The molecule has 0 radical (unpaired) electrons. The van der Waals surface area contributed by atoms with Gasteiger partial charge < -0.3 is 0 Å². The second-order valence-corrected chi connectivity index (χ2v) is 4.85. The monoisotopic (exact) mass is 263 g/mol. The molecule has 0 fully saturated rings. The minimum atomic E-state index is 0.0644. The van der Waals surface area contributed by atoms with Gasteiger partial charge in [0.25, 0.3) is 0 Å². The van der Waals surface area contributed by atoms with Crippen molar-refractivity contribution in [1.82, 2.24) is 10.4 Å². The number of rotatable bonds is 4. The van der Waals surface area contributed by atoms with Gasteiger partial charge in [0, 0.05) is 12.4 Å². The average Bonchev–Trinajstić information content (AvgIpc) is 2.53. The molecule has 0 amide bonds. The van der Waals surface area contributed by atoms with E-state index in [1.54, 1.807) is 6.20 Å². The van der Waals surface area contributed by atoms with Gasteiger partial charge in [0.1, 0.15) is 0 Å². The molecule has 100 valence electrons.